The molecule has 1 unspecified atom stereocenters. The average molecular weight is 369 g/mol. The van der Waals surface area contributed by atoms with E-state index in [2.05, 4.69) is 24.5 Å². The van der Waals surface area contributed by atoms with Crippen molar-refractivity contribution in [3.8, 4) is 5.75 Å². The Bertz CT molecular complexity index is 610. The molecule has 3 amide bonds. The van der Waals surface area contributed by atoms with E-state index in [0.717, 1.165) is 5.56 Å². The van der Waals surface area contributed by atoms with Crippen molar-refractivity contribution in [1.29, 1.82) is 0 Å². The molecule has 6 heteroatoms. The lowest BCUT2D eigenvalue weighted by Crippen LogP contribution is -2.52. The topological polar surface area (TPSA) is 84.5 Å². The monoisotopic (exact) mass is 368 g/mol. The van der Waals surface area contributed by atoms with Gasteiger partial charge >= 0.3 is 0 Å². The summed E-state index contributed by atoms with van der Waals surface area (Å²) in [5.41, 5.74) is 1.28. The van der Waals surface area contributed by atoms with Gasteiger partial charge in [0, 0.05) is 20.4 Å². The molecule has 1 aliphatic rings. The molecule has 0 bridgehead atoms. The number of methoxy groups -OCH3 is 1. The summed E-state index contributed by atoms with van der Waals surface area (Å²) in [5, 5.41) is 4.89. The largest absolute Gasteiger partial charge is 0.496 e. The van der Waals surface area contributed by atoms with Crippen LogP contribution in [0.2, 0.25) is 0 Å². The van der Waals surface area contributed by atoms with E-state index in [1.54, 1.807) is 25.3 Å². The maximum absolute atomic E-state index is 12.4. The SMILES string of the molecule is CC.CCC.CCc1c(OC)cccc1C(=O)NC1CCC(=O)NC1=O.[HH].[HH]. The number of benzene rings is 1. The first-order chi connectivity index (χ1) is 12.5. The normalized spacial score (nSPS) is 15.5. The van der Waals surface area contributed by atoms with Crippen LogP contribution in [0.1, 0.15) is 72.7 Å². The summed E-state index contributed by atoms with van der Waals surface area (Å²) in [7, 11) is 1.55. The van der Waals surface area contributed by atoms with Gasteiger partial charge in [0.25, 0.3) is 5.91 Å². The van der Waals surface area contributed by atoms with E-state index < -0.39 is 11.9 Å². The van der Waals surface area contributed by atoms with Gasteiger partial charge in [0.15, 0.2) is 0 Å². The molecule has 0 aromatic heterocycles. The van der Waals surface area contributed by atoms with Gasteiger partial charge in [-0.1, -0.05) is 47.1 Å². The minimum Gasteiger partial charge on any atom is -0.496 e. The molecule has 0 saturated carbocycles. The minimum absolute atomic E-state index is 0. The van der Waals surface area contributed by atoms with Gasteiger partial charge in [-0.3, -0.25) is 19.7 Å². The quantitative estimate of drug-likeness (QED) is 0.793. The summed E-state index contributed by atoms with van der Waals surface area (Å²) in [6, 6.07) is 4.55. The standard InChI is InChI=1S/C15H18N2O4.C3H8.C2H6.2H2/c1-3-9-10(5-4-6-12(9)21-2)14(19)16-11-7-8-13(18)17-15(11)20;1-3-2;1-2;;/h4-6,11H,3,7-8H2,1-2H3,(H,16,19)(H,17,18,20);3H2,1-2H3;1-2H3;2*1H. The number of hydrogen-bond acceptors (Lipinski definition) is 4. The van der Waals surface area contributed by atoms with Crippen LogP contribution in [-0.4, -0.2) is 30.9 Å². The molecule has 1 heterocycles. The number of ether oxygens (including phenoxy) is 1. The van der Waals surface area contributed by atoms with Gasteiger partial charge in [0.05, 0.1) is 7.11 Å². The number of amides is 3. The molecule has 1 fully saturated rings. The molecule has 1 atom stereocenters. The zero-order valence-electron chi connectivity index (χ0n) is 16.8. The first-order valence-corrected chi connectivity index (χ1v) is 9.28. The lowest BCUT2D eigenvalue weighted by molar-refractivity contribution is -0.134. The number of piperidine rings is 1. The van der Waals surface area contributed by atoms with Crippen LogP contribution in [-0.2, 0) is 16.0 Å². The number of nitrogens with one attached hydrogen (secondary N) is 2. The van der Waals surface area contributed by atoms with Crippen molar-refractivity contribution in [2.75, 3.05) is 7.11 Å². The van der Waals surface area contributed by atoms with Crippen molar-refractivity contribution >= 4 is 17.7 Å². The molecular weight excluding hydrogens is 332 g/mol. The molecular formula is C20H36N2O4. The Morgan fingerprint density at radius 2 is 1.88 bits per heavy atom. The third-order valence-corrected chi connectivity index (χ3v) is 3.50. The van der Waals surface area contributed by atoms with E-state index in [1.165, 1.54) is 6.42 Å². The summed E-state index contributed by atoms with van der Waals surface area (Å²) in [5.74, 6) is -0.449. The van der Waals surface area contributed by atoms with Crippen molar-refractivity contribution in [2.24, 2.45) is 0 Å². The predicted molar refractivity (Wildman–Crippen MR) is 108 cm³/mol. The molecule has 6 nitrogen and oxygen atoms in total. The van der Waals surface area contributed by atoms with Gasteiger partial charge in [-0.25, -0.2) is 0 Å². The highest BCUT2D eigenvalue weighted by Gasteiger charge is 2.28. The fraction of sp³-hybridized carbons (Fsp3) is 0.550. The lowest BCUT2D eigenvalue weighted by atomic mass is 10.0. The third-order valence-electron chi connectivity index (χ3n) is 3.50. The van der Waals surface area contributed by atoms with Crippen LogP contribution >= 0.6 is 0 Å². The van der Waals surface area contributed by atoms with Crippen LogP contribution in [0.25, 0.3) is 0 Å². The number of imide groups is 1. The van der Waals surface area contributed by atoms with Crippen molar-refractivity contribution in [1.82, 2.24) is 10.6 Å². The number of rotatable bonds is 4. The Morgan fingerprint density at radius 3 is 2.38 bits per heavy atom. The summed E-state index contributed by atoms with van der Waals surface area (Å²) >= 11 is 0. The summed E-state index contributed by atoms with van der Waals surface area (Å²) in [6.07, 6.45) is 2.44. The zero-order valence-corrected chi connectivity index (χ0v) is 16.8. The molecule has 1 saturated heterocycles. The molecule has 1 aromatic rings. The van der Waals surface area contributed by atoms with Crippen LogP contribution in [0.3, 0.4) is 0 Å². The molecule has 2 N–H and O–H groups in total. The van der Waals surface area contributed by atoms with Crippen molar-refractivity contribution < 1.29 is 22.0 Å². The highest BCUT2D eigenvalue weighted by molar-refractivity contribution is 6.04. The third kappa shape index (κ3) is 6.86. The molecule has 1 aliphatic heterocycles. The van der Waals surface area contributed by atoms with Gasteiger partial charge in [0.2, 0.25) is 11.8 Å². The second-order valence-corrected chi connectivity index (χ2v) is 5.52. The number of carbonyl (C=O) groups excluding carboxylic acids is 3. The smallest absolute Gasteiger partial charge is 0.252 e. The summed E-state index contributed by atoms with van der Waals surface area (Å²) in [6.45, 7) is 10.2. The number of carbonyl (C=O) groups is 3. The lowest BCUT2D eigenvalue weighted by Gasteiger charge is -2.22. The van der Waals surface area contributed by atoms with E-state index in [4.69, 9.17) is 4.74 Å². The molecule has 0 spiro atoms. The second-order valence-electron chi connectivity index (χ2n) is 5.52. The molecule has 2 rings (SSSR count). The molecule has 150 valence electrons. The molecule has 1 aromatic carbocycles. The van der Waals surface area contributed by atoms with E-state index in [-0.39, 0.29) is 21.1 Å². The van der Waals surface area contributed by atoms with Crippen LogP contribution in [0, 0.1) is 0 Å². The highest BCUT2D eigenvalue weighted by atomic mass is 16.5. The van der Waals surface area contributed by atoms with Gasteiger partial charge in [-0.05, 0) is 25.0 Å². The molecule has 26 heavy (non-hydrogen) atoms. The Balaban J connectivity index is -0.000000815. The van der Waals surface area contributed by atoms with Crippen LogP contribution in [0.5, 0.6) is 5.75 Å². The van der Waals surface area contributed by atoms with Gasteiger partial charge in [0.1, 0.15) is 11.8 Å². The van der Waals surface area contributed by atoms with E-state index in [1.807, 2.05) is 20.8 Å². The first kappa shape index (κ1) is 23.6. The first-order valence-electron chi connectivity index (χ1n) is 9.28. The highest BCUT2D eigenvalue weighted by Crippen LogP contribution is 2.23. The van der Waals surface area contributed by atoms with Crippen LogP contribution in [0.4, 0.5) is 0 Å². The van der Waals surface area contributed by atoms with Crippen LogP contribution < -0.4 is 15.4 Å². The van der Waals surface area contributed by atoms with E-state index >= 15 is 0 Å². The fourth-order valence-electron chi connectivity index (χ4n) is 2.40. The molecule has 0 radical (unpaired) electrons. The van der Waals surface area contributed by atoms with Crippen molar-refractivity contribution in [3.05, 3.63) is 29.3 Å². The molecule has 0 aliphatic carbocycles. The Morgan fingerprint density at radius 1 is 1.27 bits per heavy atom. The predicted octanol–water partition coefficient (Wildman–Crippen LogP) is 3.73. The second kappa shape index (κ2) is 12.9. The summed E-state index contributed by atoms with van der Waals surface area (Å²) in [4.78, 5) is 35.1. The van der Waals surface area contributed by atoms with Crippen molar-refractivity contribution in [3.63, 3.8) is 0 Å². The Labute approximate surface area is 159 Å². The van der Waals surface area contributed by atoms with E-state index in [9.17, 15) is 14.4 Å². The maximum atomic E-state index is 12.4. The van der Waals surface area contributed by atoms with Crippen molar-refractivity contribution in [2.45, 2.75) is 66.3 Å². The van der Waals surface area contributed by atoms with Gasteiger partial charge in [-0.2, -0.15) is 0 Å². The van der Waals surface area contributed by atoms with Gasteiger partial charge in [-0.15, -0.1) is 0 Å². The Kier molecular flexibility index (Phi) is 11.7. The minimum atomic E-state index is -0.675. The van der Waals surface area contributed by atoms with Gasteiger partial charge < -0.3 is 10.1 Å². The zero-order chi connectivity index (χ0) is 20.1. The maximum Gasteiger partial charge on any atom is 0.252 e. The number of hydrogen-bond donors (Lipinski definition) is 2. The Hall–Kier alpha value is -2.37. The fourth-order valence-corrected chi connectivity index (χ4v) is 2.40. The van der Waals surface area contributed by atoms with E-state index in [0.29, 0.717) is 24.2 Å². The summed E-state index contributed by atoms with van der Waals surface area (Å²) < 4.78 is 5.25. The van der Waals surface area contributed by atoms with Crippen LogP contribution in [0.15, 0.2) is 18.2 Å². The average Bonchev–Trinajstić information content (AvgIpc) is 2.65.